The van der Waals surface area contributed by atoms with Crippen LogP contribution < -0.4 is 5.73 Å². The molecule has 0 unspecified atom stereocenters. The van der Waals surface area contributed by atoms with Crippen LogP contribution in [0.25, 0.3) is 0 Å². The minimum atomic E-state index is -0.546. The van der Waals surface area contributed by atoms with Crippen molar-refractivity contribution in [2.45, 2.75) is 18.9 Å². The predicted octanol–water partition coefficient (Wildman–Crippen LogP) is 1.34. The van der Waals surface area contributed by atoms with Crippen LogP contribution in [0.2, 0.25) is 0 Å². The Bertz CT molecular complexity index is 553. The van der Waals surface area contributed by atoms with Crippen LogP contribution in [0.15, 0.2) is 18.2 Å². The van der Waals surface area contributed by atoms with E-state index in [2.05, 4.69) is 4.90 Å². The normalized spacial score (nSPS) is 16.7. The maximum atomic E-state index is 12.6. The Morgan fingerprint density at radius 1 is 1.43 bits per heavy atom. The van der Waals surface area contributed by atoms with Crippen LogP contribution in [-0.2, 0) is 0 Å². The van der Waals surface area contributed by atoms with Gasteiger partial charge >= 0.3 is 0 Å². The van der Waals surface area contributed by atoms with E-state index >= 15 is 0 Å². The summed E-state index contributed by atoms with van der Waals surface area (Å²) in [5, 5.41) is 11.1. The number of nitro groups is 1. The van der Waals surface area contributed by atoms with Gasteiger partial charge in [0.05, 0.1) is 4.92 Å². The van der Waals surface area contributed by atoms with Crippen LogP contribution in [0.4, 0.5) is 11.4 Å². The van der Waals surface area contributed by atoms with E-state index in [1.165, 1.54) is 18.2 Å². The van der Waals surface area contributed by atoms with E-state index < -0.39 is 4.92 Å². The fourth-order valence-corrected chi connectivity index (χ4v) is 2.62. The van der Waals surface area contributed by atoms with Crippen molar-refractivity contribution in [3.05, 3.63) is 33.9 Å². The second kappa shape index (κ2) is 6.09. The highest BCUT2D eigenvalue weighted by Crippen LogP contribution is 2.24. The molecule has 1 aliphatic heterocycles. The molecule has 1 aromatic carbocycles. The van der Waals surface area contributed by atoms with Gasteiger partial charge in [-0.1, -0.05) is 0 Å². The Labute approximate surface area is 123 Å². The van der Waals surface area contributed by atoms with Crippen LogP contribution in [-0.4, -0.2) is 53.9 Å². The lowest BCUT2D eigenvalue weighted by Crippen LogP contribution is -2.44. The van der Waals surface area contributed by atoms with Crippen LogP contribution >= 0.6 is 0 Å². The predicted molar refractivity (Wildman–Crippen MR) is 80.1 cm³/mol. The van der Waals surface area contributed by atoms with Crippen LogP contribution in [0.5, 0.6) is 0 Å². The lowest BCUT2D eigenvalue weighted by atomic mass is 10.0. The van der Waals surface area contributed by atoms with E-state index in [0.29, 0.717) is 5.69 Å². The number of nitrogens with two attached hydrogens (primary N) is 1. The third kappa shape index (κ3) is 3.30. The summed E-state index contributed by atoms with van der Waals surface area (Å²) in [6.45, 7) is 1.84. The molecule has 0 radical (unpaired) electrons. The fraction of sp³-hybridized carbons (Fsp3) is 0.500. The molecule has 0 bridgehead atoms. The number of nitro benzene ring substituents is 1. The van der Waals surface area contributed by atoms with Crippen molar-refractivity contribution in [1.82, 2.24) is 9.80 Å². The number of likely N-dealkylation sites (tertiary alicyclic amines) is 1. The van der Waals surface area contributed by atoms with E-state index in [-0.39, 0.29) is 23.2 Å². The quantitative estimate of drug-likeness (QED) is 0.515. The molecule has 1 heterocycles. The summed E-state index contributed by atoms with van der Waals surface area (Å²) >= 11 is 0. The number of hydrogen-bond donors (Lipinski definition) is 1. The number of nitrogen functional groups attached to an aromatic ring is 1. The Morgan fingerprint density at radius 2 is 2.05 bits per heavy atom. The molecule has 2 rings (SSSR count). The smallest absolute Gasteiger partial charge is 0.282 e. The molecule has 7 nitrogen and oxygen atoms in total. The number of carbonyl (C=O) groups is 1. The van der Waals surface area contributed by atoms with Gasteiger partial charge in [-0.25, -0.2) is 0 Å². The third-order valence-corrected chi connectivity index (χ3v) is 4.00. The minimum Gasteiger partial charge on any atom is -0.399 e. The molecular formula is C14H20N4O3. The molecule has 1 aromatic rings. The Kier molecular flexibility index (Phi) is 4.42. The summed E-state index contributed by atoms with van der Waals surface area (Å²) in [7, 11) is 3.74. The van der Waals surface area contributed by atoms with Gasteiger partial charge in [0.25, 0.3) is 11.6 Å². The lowest BCUT2D eigenvalue weighted by Gasteiger charge is -2.35. The maximum absolute atomic E-state index is 12.6. The Hall–Kier alpha value is -2.15. The molecular weight excluding hydrogens is 272 g/mol. The number of nitrogens with zero attached hydrogens (tertiary/aromatic N) is 3. The monoisotopic (exact) mass is 292 g/mol. The van der Waals surface area contributed by atoms with Crippen molar-refractivity contribution in [2.24, 2.45) is 0 Å². The van der Waals surface area contributed by atoms with E-state index in [1.54, 1.807) is 11.9 Å². The van der Waals surface area contributed by atoms with Crippen LogP contribution in [0.1, 0.15) is 23.2 Å². The molecule has 1 fully saturated rings. The first-order chi connectivity index (χ1) is 9.90. The third-order valence-electron chi connectivity index (χ3n) is 4.00. The van der Waals surface area contributed by atoms with Crippen molar-refractivity contribution < 1.29 is 9.72 Å². The number of rotatable bonds is 3. The molecule has 2 N–H and O–H groups in total. The molecule has 1 saturated heterocycles. The van der Waals surface area contributed by atoms with E-state index in [4.69, 9.17) is 5.73 Å². The van der Waals surface area contributed by atoms with Gasteiger partial charge in [0.2, 0.25) is 0 Å². The first-order valence-corrected chi connectivity index (χ1v) is 6.89. The Morgan fingerprint density at radius 3 is 2.62 bits per heavy atom. The van der Waals surface area contributed by atoms with Gasteiger partial charge in [-0.2, -0.15) is 0 Å². The molecule has 21 heavy (non-hydrogen) atoms. The number of benzene rings is 1. The molecule has 0 aliphatic carbocycles. The SMILES string of the molecule is CN1CCC(N(C)C(=O)c2cc(N)ccc2[N+](=O)[O-])CC1. The molecule has 0 saturated carbocycles. The number of piperidine rings is 1. The van der Waals surface area contributed by atoms with E-state index in [9.17, 15) is 14.9 Å². The molecule has 114 valence electrons. The molecule has 1 amide bonds. The van der Waals surface area contributed by atoms with Crippen molar-refractivity contribution in [3.8, 4) is 0 Å². The topological polar surface area (TPSA) is 92.7 Å². The molecule has 1 aliphatic rings. The lowest BCUT2D eigenvalue weighted by molar-refractivity contribution is -0.385. The van der Waals surface area contributed by atoms with E-state index in [0.717, 1.165) is 25.9 Å². The Balaban J connectivity index is 2.23. The highest BCUT2D eigenvalue weighted by molar-refractivity contribution is 5.99. The summed E-state index contributed by atoms with van der Waals surface area (Å²) in [6.07, 6.45) is 1.74. The van der Waals surface area contributed by atoms with Crippen molar-refractivity contribution in [3.63, 3.8) is 0 Å². The maximum Gasteiger partial charge on any atom is 0.282 e. The van der Waals surface area contributed by atoms with Crippen LogP contribution in [0, 0.1) is 10.1 Å². The zero-order valence-electron chi connectivity index (χ0n) is 12.3. The van der Waals surface area contributed by atoms with E-state index in [1.807, 2.05) is 7.05 Å². The number of anilines is 1. The van der Waals surface area contributed by atoms with Crippen molar-refractivity contribution in [2.75, 3.05) is 32.9 Å². The minimum absolute atomic E-state index is 0.0569. The summed E-state index contributed by atoms with van der Waals surface area (Å²) < 4.78 is 0. The van der Waals surface area contributed by atoms with Crippen LogP contribution in [0.3, 0.4) is 0 Å². The summed E-state index contributed by atoms with van der Waals surface area (Å²) in [6, 6.07) is 4.20. The van der Waals surface area contributed by atoms with Gasteiger partial charge < -0.3 is 15.5 Å². The zero-order chi connectivity index (χ0) is 15.6. The second-order valence-corrected chi connectivity index (χ2v) is 5.48. The highest BCUT2D eigenvalue weighted by Gasteiger charge is 2.28. The van der Waals surface area contributed by atoms with Gasteiger partial charge in [0.15, 0.2) is 0 Å². The number of amides is 1. The highest BCUT2D eigenvalue weighted by atomic mass is 16.6. The molecule has 0 aromatic heterocycles. The fourth-order valence-electron chi connectivity index (χ4n) is 2.62. The first kappa shape index (κ1) is 15.2. The number of carbonyl (C=O) groups excluding carboxylic acids is 1. The summed E-state index contributed by atoms with van der Waals surface area (Å²) in [5.41, 5.74) is 5.87. The average Bonchev–Trinajstić information content (AvgIpc) is 2.46. The molecule has 0 atom stereocenters. The van der Waals surface area contributed by atoms with Gasteiger partial charge in [0, 0.05) is 24.8 Å². The average molecular weight is 292 g/mol. The standard InChI is InChI=1S/C14H20N4O3/c1-16-7-5-11(6-8-16)17(2)14(19)12-9-10(15)3-4-13(12)18(20)21/h3-4,9,11H,5-8,15H2,1-2H3. The van der Waals surface area contributed by atoms with Gasteiger partial charge in [0.1, 0.15) is 5.56 Å². The second-order valence-electron chi connectivity index (χ2n) is 5.48. The molecule has 0 spiro atoms. The van der Waals surface area contributed by atoms with Gasteiger partial charge in [-0.15, -0.1) is 0 Å². The number of hydrogen-bond acceptors (Lipinski definition) is 5. The summed E-state index contributed by atoms with van der Waals surface area (Å²) in [4.78, 5) is 26.9. The van der Waals surface area contributed by atoms with Crippen molar-refractivity contribution >= 4 is 17.3 Å². The van der Waals surface area contributed by atoms with Gasteiger partial charge in [-0.3, -0.25) is 14.9 Å². The van der Waals surface area contributed by atoms with Crippen molar-refractivity contribution in [1.29, 1.82) is 0 Å². The largest absolute Gasteiger partial charge is 0.399 e. The zero-order valence-corrected chi connectivity index (χ0v) is 12.3. The van der Waals surface area contributed by atoms with Gasteiger partial charge in [-0.05, 0) is 45.1 Å². The summed E-state index contributed by atoms with van der Waals surface area (Å²) in [5.74, 6) is -0.344. The molecule has 7 heteroatoms. The first-order valence-electron chi connectivity index (χ1n) is 6.89.